The monoisotopic (exact) mass is 328 g/mol. The Hall–Kier alpha value is -1.47. The molecule has 0 radical (unpaired) electrons. The zero-order valence-electron chi connectivity index (χ0n) is 12.6. The highest BCUT2D eigenvalue weighted by molar-refractivity contribution is 7.89. The van der Waals surface area contributed by atoms with Crippen LogP contribution in [0.4, 0.5) is 4.39 Å². The van der Waals surface area contributed by atoms with Crippen LogP contribution < -0.4 is 4.72 Å². The highest BCUT2D eigenvalue weighted by Gasteiger charge is 2.23. The van der Waals surface area contributed by atoms with Crippen LogP contribution in [0.2, 0.25) is 0 Å². The van der Waals surface area contributed by atoms with Crippen molar-refractivity contribution >= 4 is 15.9 Å². The summed E-state index contributed by atoms with van der Waals surface area (Å²) in [6.07, 6.45) is 3.25. The van der Waals surface area contributed by atoms with Crippen molar-refractivity contribution in [2.45, 2.75) is 43.5 Å². The zero-order chi connectivity index (χ0) is 16.2. The van der Waals surface area contributed by atoms with E-state index in [0.29, 0.717) is 0 Å². The van der Waals surface area contributed by atoms with Crippen molar-refractivity contribution in [3.05, 3.63) is 30.1 Å². The molecule has 0 aromatic heterocycles. The van der Waals surface area contributed by atoms with Crippen LogP contribution in [0.5, 0.6) is 0 Å². The molecule has 1 aliphatic rings. The van der Waals surface area contributed by atoms with E-state index in [1.807, 2.05) is 11.8 Å². The number of hydrogen-bond donors (Lipinski definition) is 1. The van der Waals surface area contributed by atoms with Gasteiger partial charge in [0.2, 0.25) is 15.9 Å². The number of nitrogens with zero attached hydrogens (tertiary/aromatic N) is 1. The highest BCUT2D eigenvalue weighted by Crippen LogP contribution is 2.17. The van der Waals surface area contributed by atoms with Crippen LogP contribution >= 0.6 is 0 Å². The molecule has 1 atom stereocenters. The van der Waals surface area contributed by atoms with Gasteiger partial charge in [0.05, 0.1) is 4.90 Å². The minimum atomic E-state index is -3.70. The minimum Gasteiger partial charge on any atom is -0.340 e. The normalized spacial score (nSPS) is 19.2. The van der Waals surface area contributed by atoms with Crippen LogP contribution in [0, 0.1) is 5.82 Å². The van der Waals surface area contributed by atoms with Gasteiger partial charge in [0, 0.05) is 25.6 Å². The second kappa shape index (κ2) is 7.19. The van der Waals surface area contributed by atoms with E-state index in [4.69, 9.17) is 0 Å². The first-order valence-electron chi connectivity index (χ1n) is 7.45. The molecule has 2 rings (SSSR count). The van der Waals surface area contributed by atoms with Gasteiger partial charge in [-0.1, -0.05) is 0 Å². The molecule has 122 valence electrons. The van der Waals surface area contributed by atoms with Crippen LogP contribution in [0.1, 0.15) is 32.6 Å². The van der Waals surface area contributed by atoms with Crippen molar-refractivity contribution in [3.63, 3.8) is 0 Å². The van der Waals surface area contributed by atoms with Crippen molar-refractivity contribution in [3.8, 4) is 0 Å². The van der Waals surface area contributed by atoms with Crippen LogP contribution in [0.25, 0.3) is 0 Å². The van der Waals surface area contributed by atoms with Gasteiger partial charge >= 0.3 is 0 Å². The Bertz CT molecular complexity index is 616. The van der Waals surface area contributed by atoms with Gasteiger partial charge in [-0.15, -0.1) is 0 Å². The standard InChI is InChI=1S/C15H21FN2O3S/c1-12-4-2-3-11-18(12)15(19)9-10-17-22(20,21)14-7-5-13(16)6-8-14/h5-8,12,17H,2-4,9-11H2,1H3. The molecule has 1 aromatic rings. The van der Waals surface area contributed by atoms with E-state index in [-0.39, 0.29) is 29.8 Å². The number of nitrogens with one attached hydrogen (secondary N) is 1. The summed E-state index contributed by atoms with van der Waals surface area (Å²) in [6, 6.07) is 4.80. The first-order valence-corrected chi connectivity index (χ1v) is 8.93. The van der Waals surface area contributed by atoms with Gasteiger partial charge in [0.1, 0.15) is 5.82 Å². The largest absolute Gasteiger partial charge is 0.340 e. The highest BCUT2D eigenvalue weighted by atomic mass is 32.2. The molecule has 0 saturated carbocycles. The average molecular weight is 328 g/mol. The van der Waals surface area contributed by atoms with E-state index in [1.54, 1.807) is 0 Å². The van der Waals surface area contributed by atoms with E-state index in [1.165, 1.54) is 12.1 Å². The quantitative estimate of drug-likeness (QED) is 0.898. The third kappa shape index (κ3) is 4.27. The molecule has 1 fully saturated rings. The molecule has 1 heterocycles. The topological polar surface area (TPSA) is 66.5 Å². The molecule has 1 saturated heterocycles. The maximum absolute atomic E-state index is 12.8. The summed E-state index contributed by atoms with van der Waals surface area (Å²) < 4.78 is 39.2. The molecule has 1 N–H and O–H groups in total. The Balaban J connectivity index is 1.87. The van der Waals surface area contributed by atoms with Crippen LogP contribution in [0.3, 0.4) is 0 Å². The lowest BCUT2D eigenvalue weighted by atomic mass is 10.0. The number of hydrogen-bond acceptors (Lipinski definition) is 3. The second-order valence-electron chi connectivity index (χ2n) is 5.53. The molecule has 1 unspecified atom stereocenters. The smallest absolute Gasteiger partial charge is 0.240 e. The summed E-state index contributed by atoms with van der Waals surface area (Å²) >= 11 is 0. The van der Waals surface area contributed by atoms with Gasteiger partial charge in [0.25, 0.3) is 0 Å². The van der Waals surface area contributed by atoms with Gasteiger partial charge in [-0.25, -0.2) is 17.5 Å². The maximum Gasteiger partial charge on any atom is 0.240 e. The molecular weight excluding hydrogens is 307 g/mol. The molecular formula is C15H21FN2O3S. The van der Waals surface area contributed by atoms with Gasteiger partial charge in [-0.3, -0.25) is 4.79 Å². The summed E-state index contributed by atoms with van der Waals surface area (Å²) in [5.41, 5.74) is 0. The van der Waals surface area contributed by atoms with Crippen molar-refractivity contribution in [1.82, 2.24) is 9.62 Å². The lowest BCUT2D eigenvalue weighted by molar-refractivity contribution is -0.134. The van der Waals surface area contributed by atoms with Crippen LogP contribution in [0.15, 0.2) is 29.2 Å². The van der Waals surface area contributed by atoms with Crippen LogP contribution in [-0.4, -0.2) is 38.4 Å². The Morgan fingerprint density at radius 3 is 2.64 bits per heavy atom. The molecule has 1 amide bonds. The van der Waals surface area contributed by atoms with E-state index in [2.05, 4.69) is 4.72 Å². The average Bonchev–Trinajstić information content (AvgIpc) is 2.48. The zero-order valence-corrected chi connectivity index (χ0v) is 13.4. The van der Waals surface area contributed by atoms with Crippen molar-refractivity contribution in [2.75, 3.05) is 13.1 Å². The summed E-state index contributed by atoms with van der Waals surface area (Å²) in [6.45, 7) is 2.80. The number of halogens is 1. The molecule has 1 aliphatic heterocycles. The first kappa shape index (κ1) is 16.9. The third-order valence-electron chi connectivity index (χ3n) is 3.88. The van der Waals surface area contributed by atoms with Crippen molar-refractivity contribution in [2.24, 2.45) is 0 Å². The van der Waals surface area contributed by atoms with Gasteiger partial charge in [-0.2, -0.15) is 0 Å². The van der Waals surface area contributed by atoms with E-state index < -0.39 is 15.8 Å². The van der Waals surface area contributed by atoms with Gasteiger partial charge in [-0.05, 0) is 50.5 Å². The number of piperidine rings is 1. The molecule has 1 aromatic carbocycles. The number of benzene rings is 1. The van der Waals surface area contributed by atoms with Crippen molar-refractivity contribution < 1.29 is 17.6 Å². The van der Waals surface area contributed by atoms with Crippen LogP contribution in [-0.2, 0) is 14.8 Å². The number of carbonyl (C=O) groups is 1. The lowest BCUT2D eigenvalue weighted by Crippen LogP contribution is -2.43. The van der Waals surface area contributed by atoms with Gasteiger partial charge < -0.3 is 4.90 Å². The second-order valence-corrected chi connectivity index (χ2v) is 7.30. The molecule has 0 spiro atoms. The van der Waals surface area contributed by atoms with E-state index in [9.17, 15) is 17.6 Å². The summed E-state index contributed by atoms with van der Waals surface area (Å²) in [5.74, 6) is -0.526. The molecule has 22 heavy (non-hydrogen) atoms. The Morgan fingerprint density at radius 1 is 1.32 bits per heavy atom. The number of likely N-dealkylation sites (tertiary alicyclic amines) is 1. The number of carbonyl (C=O) groups excluding carboxylic acids is 1. The first-order chi connectivity index (χ1) is 10.4. The predicted octanol–water partition coefficient (Wildman–Crippen LogP) is 1.90. The predicted molar refractivity (Wildman–Crippen MR) is 81.2 cm³/mol. The molecule has 0 aliphatic carbocycles. The van der Waals surface area contributed by atoms with E-state index in [0.717, 1.165) is 37.9 Å². The molecule has 0 bridgehead atoms. The molecule has 5 nitrogen and oxygen atoms in total. The fourth-order valence-corrected chi connectivity index (χ4v) is 3.63. The third-order valence-corrected chi connectivity index (χ3v) is 5.36. The summed E-state index contributed by atoms with van der Waals surface area (Å²) in [4.78, 5) is 13.9. The Morgan fingerprint density at radius 2 is 2.00 bits per heavy atom. The molecule has 7 heteroatoms. The number of amides is 1. The fraction of sp³-hybridized carbons (Fsp3) is 0.533. The van der Waals surface area contributed by atoms with E-state index >= 15 is 0 Å². The maximum atomic E-state index is 12.8. The van der Waals surface area contributed by atoms with Gasteiger partial charge in [0.15, 0.2) is 0 Å². The lowest BCUT2D eigenvalue weighted by Gasteiger charge is -2.33. The Labute approximate surface area is 130 Å². The fourth-order valence-electron chi connectivity index (χ4n) is 2.60. The summed E-state index contributed by atoms with van der Waals surface area (Å²) in [7, 11) is -3.70. The Kier molecular flexibility index (Phi) is 5.52. The summed E-state index contributed by atoms with van der Waals surface area (Å²) in [5, 5.41) is 0. The number of rotatable bonds is 5. The van der Waals surface area contributed by atoms with Crippen molar-refractivity contribution in [1.29, 1.82) is 0 Å². The number of sulfonamides is 1. The minimum absolute atomic E-state index is 0.00677. The SMILES string of the molecule is CC1CCCCN1C(=O)CCNS(=O)(=O)c1ccc(F)cc1.